The monoisotopic (exact) mass is 486 g/mol. The van der Waals surface area contributed by atoms with E-state index in [9.17, 15) is 26.4 Å². The second-order valence-electron chi connectivity index (χ2n) is 7.91. The Labute approximate surface area is 190 Å². The minimum absolute atomic E-state index is 0.0911. The molecule has 1 fully saturated rings. The van der Waals surface area contributed by atoms with Crippen molar-refractivity contribution >= 4 is 16.0 Å². The van der Waals surface area contributed by atoms with E-state index in [1.54, 1.807) is 31.2 Å². The van der Waals surface area contributed by atoms with Gasteiger partial charge in [-0.05, 0) is 54.3 Å². The number of carboxylic acid groups (broad SMARTS) is 1. The maximum Gasteiger partial charge on any atom is 0.573 e. The Morgan fingerprint density at radius 1 is 1.03 bits per heavy atom. The van der Waals surface area contributed by atoms with Crippen LogP contribution in [0.25, 0.3) is 0 Å². The van der Waals surface area contributed by atoms with Gasteiger partial charge >= 0.3 is 12.3 Å². The molecule has 0 aliphatic carbocycles. The fraction of sp³-hybridized carbons (Fsp3) is 0.409. The zero-order valence-electron chi connectivity index (χ0n) is 18.0. The number of alkyl halides is 3. The predicted molar refractivity (Wildman–Crippen MR) is 115 cm³/mol. The smallest absolute Gasteiger partial charge is 0.481 e. The van der Waals surface area contributed by atoms with Gasteiger partial charge in [0, 0.05) is 32.7 Å². The van der Waals surface area contributed by atoms with Crippen molar-refractivity contribution in [3.63, 3.8) is 0 Å². The van der Waals surface area contributed by atoms with E-state index < -0.39 is 22.4 Å². The van der Waals surface area contributed by atoms with Crippen LogP contribution in [-0.2, 0) is 27.7 Å². The van der Waals surface area contributed by atoms with E-state index in [0.29, 0.717) is 50.3 Å². The molecule has 0 unspecified atom stereocenters. The number of carbonyl (C=O) groups is 1. The zero-order valence-corrected chi connectivity index (χ0v) is 18.8. The predicted octanol–water partition coefficient (Wildman–Crippen LogP) is 3.07. The number of carboxylic acids is 1. The van der Waals surface area contributed by atoms with Crippen molar-refractivity contribution in [2.75, 3.05) is 32.7 Å². The van der Waals surface area contributed by atoms with Gasteiger partial charge in [0.1, 0.15) is 5.75 Å². The lowest BCUT2D eigenvalue weighted by atomic mass is 10.1. The quantitative estimate of drug-likeness (QED) is 0.617. The van der Waals surface area contributed by atoms with Crippen LogP contribution in [0.15, 0.2) is 47.4 Å². The molecule has 11 heteroatoms. The number of piperazine rings is 1. The fourth-order valence-corrected chi connectivity index (χ4v) is 5.32. The minimum Gasteiger partial charge on any atom is -0.481 e. The van der Waals surface area contributed by atoms with Gasteiger partial charge in [-0.1, -0.05) is 18.2 Å². The molecule has 7 nitrogen and oxygen atoms in total. The van der Waals surface area contributed by atoms with Gasteiger partial charge in [0.05, 0.1) is 11.3 Å². The summed E-state index contributed by atoms with van der Waals surface area (Å²) in [6, 6.07) is 10.3. The Bertz CT molecular complexity index is 1080. The van der Waals surface area contributed by atoms with Gasteiger partial charge in [-0.25, -0.2) is 8.42 Å². The van der Waals surface area contributed by atoms with E-state index in [4.69, 9.17) is 5.11 Å². The molecule has 0 aromatic heterocycles. The molecule has 0 spiro atoms. The zero-order chi connectivity index (χ0) is 24.2. The summed E-state index contributed by atoms with van der Waals surface area (Å²) in [4.78, 5) is 13.2. The van der Waals surface area contributed by atoms with Crippen LogP contribution in [0.5, 0.6) is 5.75 Å². The van der Waals surface area contributed by atoms with E-state index in [2.05, 4.69) is 9.64 Å². The van der Waals surface area contributed by atoms with E-state index >= 15 is 0 Å². The Hall–Kier alpha value is -2.63. The Balaban J connectivity index is 1.55. The summed E-state index contributed by atoms with van der Waals surface area (Å²) in [5, 5.41) is 9.00. The molecule has 0 amide bonds. The molecule has 0 radical (unpaired) electrons. The Morgan fingerprint density at radius 2 is 1.67 bits per heavy atom. The molecule has 1 aliphatic heterocycles. The van der Waals surface area contributed by atoms with E-state index in [1.165, 1.54) is 22.5 Å². The third-order valence-corrected chi connectivity index (χ3v) is 7.19. The summed E-state index contributed by atoms with van der Waals surface area (Å²) in [6.07, 6.45) is -4.37. The first-order valence-corrected chi connectivity index (χ1v) is 11.8. The highest BCUT2D eigenvalue weighted by Gasteiger charge is 2.31. The number of ether oxygens (including phenoxy) is 1. The molecule has 2 aromatic rings. The number of nitrogens with zero attached hydrogens (tertiary/aromatic N) is 2. The molecule has 0 bridgehead atoms. The van der Waals surface area contributed by atoms with Gasteiger partial charge in [0.25, 0.3) is 0 Å². The van der Waals surface area contributed by atoms with Crippen LogP contribution in [0.3, 0.4) is 0 Å². The van der Waals surface area contributed by atoms with Gasteiger partial charge in [-0.15, -0.1) is 13.2 Å². The maximum absolute atomic E-state index is 13.1. The number of aliphatic carboxylic acids is 1. The second-order valence-corrected chi connectivity index (χ2v) is 9.85. The van der Waals surface area contributed by atoms with Gasteiger partial charge in [0.2, 0.25) is 10.0 Å². The SMILES string of the molecule is Cc1cc(CC(=O)O)cc(S(=O)(=O)N2CCN(CCc3ccc(OC(F)(F)F)cc3)CC2)c1. The molecule has 1 N–H and O–H groups in total. The van der Waals surface area contributed by atoms with Crippen molar-refractivity contribution < 1.29 is 36.2 Å². The van der Waals surface area contributed by atoms with Crippen molar-refractivity contribution in [1.29, 1.82) is 0 Å². The van der Waals surface area contributed by atoms with Crippen molar-refractivity contribution in [1.82, 2.24) is 9.21 Å². The van der Waals surface area contributed by atoms with Gasteiger partial charge in [-0.2, -0.15) is 4.31 Å². The average Bonchev–Trinajstić information content (AvgIpc) is 2.71. The van der Waals surface area contributed by atoms with Crippen LogP contribution < -0.4 is 4.74 Å². The maximum atomic E-state index is 13.1. The topological polar surface area (TPSA) is 87.1 Å². The molecular formula is C22H25F3N2O5S. The van der Waals surface area contributed by atoms with Crippen LogP contribution in [0.1, 0.15) is 16.7 Å². The molecule has 3 rings (SSSR count). The van der Waals surface area contributed by atoms with Crippen LogP contribution in [-0.4, -0.2) is 67.8 Å². The number of sulfonamides is 1. The number of halogens is 3. The molecule has 1 heterocycles. The number of rotatable bonds is 8. The Kier molecular flexibility index (Phi) is 7.65. The normalized spacial score (nSPS) is 16.0. The summed E-state index contributed by atoms with van der Waals surface area (Å²) < 4.78 is 68.1. The molecule has 2 aromatic carbocycles. The number of aryl methyl sites for hydroxylation is 1. The molecule has 0 atom stereocenters. The van der Waals surface area contributed by atoms with Crippen molar-refractivity contribution in [2.24, 2.45) is 0 Å². The van der Waals surface area contributed by atoms with Crippen molar-refractivity contribution in [3.8, 4) is 5.75 Å². The largest absolute Gasteiger partial charge is 0.573 e. The first-order chi connectivity index (χ1) is 15.4. The first-order valence-electron chi connectivity index (χ1n) is 10.3. The molecule has 1 saturated heterocycles. The number of hydrogen-bond acceptors (Lipinski definition) is 5. The van der Waals surface area contributed by atoms with Gasteiger partial charge in [0.15, 0.2) is 0 Å². The lowest BCUT2D eigenvalue weighted by molar-refractivity contribution is -0.274. The first kappa shape index (κ1) is 25.0. The Morgan fingerprint density at radius 3 is 2.24 bits per heavy atom. The van der Waals surface area contributed by atoms with E-state index in [-0.39, 0.29) is 17.1 Å². The highest BCUT2D eigenvalue weighted by Crippen LogP contribution is 2.24. The highest BCUT2D eigenvalue weighted by atomic mass is 32.2. The summed E-state index contributed by atoms with van der Waals surface area (Å²) >= 11 is 0. The van der Waals surface area contributed by atoms with E-state index in [0.717, 1.165) is 5.56 Å². The molecular weight excluding hydrogens is 461 g/mol. The lowest BCUT2D eigenvalue weighted by Gasteiger charge is -2.34. The summed E-state index contributed by atoms with van der Waals surface area (Å²) in [6.45, 7) is 3.99. The third kappa shape index (κ3) is 7.18. The van der Waals surface area contributed by atoms with Gasteiger partial charge in [-0.3, -0.25) is 4.79 Å². The summed E-state index contributed by atoms with van der Waals surface area (Å²) in [7, 11) is -3.75. The molecule has 1 aliphatic rings. The average molecular weight is 487 g/mol. The fourth-order valence-electron chi connectivity index (χ4n) is 3.74. The van der Waals surface area contributed by atoms with Crippen LogP contribution >= 0.6 is 0 Å². The highest BCUT2D eigenvalue weighted by molar-refractivity contribution is 7.89. The van der Waals surface area contributed by atoms with Crippen molar-refractivity contribution in [3.05, 3.63) is 59.2 Å². The van der Waals surface area contributed by atoms with Crippen molar-refractivity contribution in [2.45, 2.75) is 31.0 Å². The van der Waals surface area contributed by atoms with Crippen LogP contribution in [0.2, 0.25) is 0 Å². The van der Waals surface area contributed by atoms with E-state index in [1.807, 2.05) is 0 Å². The summed E-state index contributed by atoms with van der Waals surface area (Å²) in [5.41, 5.74) is 1.97. The van der Waals surface area contributed by atoms with Crippen LogP contribution in [0.4, 0.5) is 13.2 Å². The number of hydrogen-bond donors (Lipinski definition) is 1. The standard InChI is InChI=1S/C22H25F3N2O5S/c1-16-12-18(15-21(28)29)14-20(13-16)33(30,31)27-10-8-26(9-11-27)7-6-17-2-4-19(5-3-17)32-22(23,24)25/h2-5,12-14H,6-11,15H2,1H3,(H,28,29). The molecule has 180 valence electrons. The number of benzene rings is 2. The lowest BCUT2D eigenvalue weighted by Crippen LogP contribution is -2.49. The van der Waals surface area contributed by atoms with Crippen LogP contribution in [0, 0.1) is 6.92 Å². The second kappa shape index (κ2) is 10.1. The minimum atomic E-state index is -4.72. The third-order valence-electron chi connectivity index (χ3n) is 5.31. The van der Waals surface area contributed by atoms with Gasteiger partial charge < -0.3 is 14.7 Å². The molecule has 0 saturated carbocycles. The molecule has 33 heavy (non-hydrogen) atoms. The summed E-state index contributed by atoms with van der Waals surface area (Å²) in [5.74, 6) is -1.30.